The normalized spacial score (nSPS) is 10.0. The van der Waals surface area contributed by atoms with Crippen LogP contribution in [0.1, 0.15) is 26.3 Å². The number of amides is 3. The number of rotatable bonds is 6. The van der Waals surface area contributed by atoms with E-state index in [-0.39, 0.29) is 17.7 Å². The third-order valence-corrected chi connectivity index (χ3v) is 3.45. The van der Waals surface area contributed by atoms with Crippen LogP contribution in [0.25, 0.3) is 0 Å². The zero-order chi connectivity index (χ0) is 18.4. The van der Waals surface area contributed by atoms with Crippen LogP contribution in [-0.4, -0.2) is 31.4 Å². The summed E-state index contributed by atoms with van der Waals surface area (Å²) in [6.07, 6.45) is 0. The smallest absolute Gasteiger partial charge is 0.251 e. The maximum atomic E-state index is 12.1. The Morgan fingerprint density at radius 3 is 2.48 bits per heavy atom. The van der Waals surface area contributed by atoms with Crippen LogP contribution in [0.15, 0.2) is 42.5 Å². The first-order chi connectivity index (χ1) is 11.9. The number of ether oxygens (including phenoxy) is 1. The average Bonchev–Trinajstić information content (AvgIpc) is 2.60. The molecule has 0 atom stereocenters. The molecule has 2 aromatic carbocycles. The van der Waals surface area contributed by atoms with Crippen LogP contribution in [0.4, 0.5) is 5.69 Å². The zero-order valence-electron chi connectivity index (χ0n) is 14.0. The molecule has 25 heavy (non-hydrogen) atoms. The Hall–Kier alpha value is -3.35. The molecule has 2 aromatic rings. The van der Waals surface area contributed by atoms with Crippen molar-refractivity contribution in [1.82, 2.24) is 5.32 Å². The number of anilines is 1. The van der Waals surface area contributed by atoms with Crippen molar-refractivity contribution in [2.45, 2.75) is 6.92 Å². The Balaban J connectivity index is 1.98. The molecular formula is C18H19N3O4. The number of hydrogen-bond donors (Lipinski definition) is 3. The lowest BCUT2D eigenvalue weighted by molar-refractivity contribution is -0.115. The average molecular weight is 341 g/mol. The van der Waals surface area contributed by atoms with Crippen molar-refractivity contribution < 1.29 is 19.1 Å². The Morgan fingerprint density at radius 2 is 1.80 bits per heavy atom. The number of primary amides is 1. The topological polar surface area (TPSA) is 111 Å². The summed E-state index contributed by atoms with van der Waals surface area (Å²) in [5.74, 6) is -0.976. The molecule has 0 aliphatic rings. The molecule has 0 saturated heterocycles. The minimum atomic E-state index is -0.626. The van der Waals surface area contributed by atoms with E-state index in [1.165, 1.54) is 25.3 Å². The van der Waals surface area contributed by atoms with Gasteiger partial charge in [0.25, 0.3) is 5.91 Å². The number of carbonyl (C=O) groups is 3. The van der Waals surface area contributed by atoms with Crippen LogP contribution in [0.2, 0.25) is 0 Å². The third kappa shape index (κ3) is 4.81. The van der Waals surface area contributed by atoms with E-state index >= 15 is 0 Å². The van der Waals surface area contributed by atoms with E-state index in [0.717, 1.165) is 5.56 Å². The molecule has 4 N–H and O–H groups in total. The van der Waals surface area contributed by atoms with Crippen LogP contribution in [-0.2, 0) is 4.79 Å². The second-order valence-corrected chi connectivity index (χ2v) is 5.38. The Kier molecular flexibility index (Phi) is 5.73. The number of hydrogen-bond acceptors (Lipinski definition) is 4. The zero-order valence-corrected chi connectivity index (χ0v) is 14.0. The van der Waals surface area contributed by atoms with Crippen molar-refractivity contribution in [1.29, 1.82) is 0 Å². The number of nitrogens with two attached hydrogens (primary N) is 1. The minimum absolute atomic E-state index is 0.224. The van der Waals surface area contributed by atoms with Crippen molar-refractivity contribution in [3.05, 3.63) is 59.2 Å². The molecule has 0 heterocycles. The van der Waals surface area contributed by atoms with Crippen molar-refractivity contribution >= 4 is 23.4 Å². The van der Waals surface area contributed by atoms with E-state index in [2.05, 4.69) is 10.6 Å². The molecule has 0 saturated carbocycles. The van der Waals surface area contributed by atoms with Gasteiger partial charge in [-0.25, -0.2) is 0 Å². The van der Waals surface area contributed by atoms with Gasteiger partial charge >= 0.3 is 0 Å². The van der Waals surface area contributed by atoms with Crippen molar-refractivity contribution in [3.8, 4) is 5.75 Å². The van der Waals surface area contributed by atoms with Crippen molar-refractivity contribution in [2.24, 2.45) is 5.73 Å². The van der Waals surface area contributed by atoms with Gasteiger partial charge < -0.3 is 21.1 Å². The van der Waals surface area contributed by atoms with E-state index < -0.39 is 17.7 Å². The molecule has 7 heteroatoms. The second kappa shape index (κ2) is 7.96. The van der Waals surface area contributed by atoms with Gasteiger partial charge in [-0.1, -0.05) is 12.1 Å². The number of nitrogens with one attached hydrogen (secondary N) is 2. The van der Waals surface area contributed by atoms with Crippen LogP contribution in [0.3, 0.4) is 0 Å². The lowest BCUT2D eigenvalue weighted by Crippen LogP contribution is -2.33. The molecular weight excluding hydrogens is 322 g/mol. The highest BCUT2D eigenvalue weighted by Crippen LogP contribution is 2.24. The van der Waals surface area contributed by atoms with Crippen molar-refractivity contribution in [3.63, 3.8) is 0 Å². The minimum Gasteiger partial charge on any atom is -0.495 e. The molecule has 0 bridgehead atoms. The fourth-order valence-corrected chi connectivity index (χ4v) is 2.19. The standard InChI is InChI=1S/C18H19N3O4/c1-11-6-7-15(25-2)14(8-11)21-16(22)10-20-18(24)13-5-3-4-12(9-13)17(19)23/h3-9H,10H2,1-2H3,(H2,19,23)(H,20,24)(H,21,22). The van der Waals surface area contributed by atoms with Gasteiger partial charge in [0.15, 0.2) is 0 Å². The van der Waals surface area contributed by atoms with Gasteiger partial charge in [0.2, 0.25) is 11.8 Å². The van der Waals surface area contributed by atoms with Crippen LogP contribution >= 0.6 is 0 Å². The van der Waals surface area contributed by atoms with Gasteiger partial charge in [0.05, 0.1) is 19.3 Å². The fraction of sp³-hybridized carbons (Fsp3) is 0.167. The van der Waals surface area contributed by atoms with Crippen molar-refractivity contribution in [2.75, 3.05) is 19.0 Å². The molecule has 0 fully saturated rings. The van der Waals surface area contributed by atoms with Gasteiger partial charge in [-0.15, -0.1) is 0 Å². The molecule has 7 nitrogen and oxygen atoms in total. The molecule has 0 aromatic heterocycles. The second-order valence-electron chi connectivity index (χ2n) is 5.38. The molecule has 3 amide bonds. The van der Waals surface area contributed by atoms with Crippen LogP contribution in [0, 0.1) is 6.92 Å². The monoisotopic (exact) mass is 341 g/mol. The molecule has 0 radical (unpaired) electrons. The quantitative estimate of drug-likeness (QED) is 0.739. The predicted octanol–water partition coefficient (Wildman–Crippen LogP) is 1.47. The summed E-state index contributed by atoms with van der Waals surface area (Å²) in [6.45, 7) is 1.67. The molecule has 0 aliphatic heterocycles. The molecule has 0 unspecified atom stereocenters. The van der Waals surface area contributed by atoms with E-state index in [4.69, 9.17) is 10.5 Å². The summed E-state index contributed by atoms with van der Waals surface area (Å²) >= 11 is 0. The Morgan fingerprint density at radius 1 is 1.08 bits per heavy atom. The van der Waals surface area contributed by atoms with E-state index in [0.29, 0.717) is 11.4 Å². The SMILES string of the molecule is COc1ccc(C)cc1NC(=O)CNC(=O)c1cccc(C(N)=O)c1. The number of aryl methyl sites for hydroxylation is 1. The number of benzene rings is 2. The number of carbonyl (C=O) groups excluding carboxylic acids is 3. The van der Waals surface area contributed by atoms with Crippen LogP contribution < -0.4 is 21.1 Å². The fourth-order valence-electron chi connectivity index (χ4n) is 2.19. The summed E-state index contributed by atoms with van der Waals surface area (Å²) in [5, 5.41) is 5.18. The van der Waals surface area contributed by atoms with Gasteiger partial charge in [0.1, 0.15) is 5.75 Å². The highest BCUT2D eigenvalue weighted by Gasteiger charge is 2.12. The largest absolute Gasteiger partial charge is 0.495 e. The maximum Gasteiger partial charge on any atom is 0.251 e. The van der Waals surface area contributed by atoms with Gasteiger partial charge in [-0.05, 0) is 42.8 Å². The molecule has 130 valence electrons. The highest BCUT2D eigenvalue weighted by atomic mass is 16.5. The number of methoxy groups -OCH3 is 1. The first kappa shape index (κ1) is 18.0. The summed E-state index contributed by atoms with van der Waals surface area (Å²) in [6, 6.07) is 11.3. The maximum absolute atomic E-state index is 12.1. The summed E-state index contributed by atoms with van der Waals surface area (Å²) in [4.78, 5) is 35.3. The molecule has 0 spiro atoms. The van der Waals surface area contributed by atoms with E-state index in [9.17, 15) is 14.4 Å². The van der Waals surface area contributed by atoms with Crippen LogP contribution in [0.5, 0.6) is 5.75 Å². The summed E-state index contributed by atoms with van der Waals surface area (Å²) in [5.41, 5.74) is 7.14. The Bertz CT molecular complexity index is 818. The van der Waals surface area contributed by atoms with Gasteiger partial charge in [-0.2, -0.15) is 0 Å². The lowest BCUT2D eigenvalue weighted by Gasteiger charge is -2.11. The third-order valence-electron chi connectivity index (χ3n) is 3.45. The summed E-state index contributed by atoms with van der Waals surface area (Å²) in [7, 11) is 1.51. The van der Waals surface area contributed by atoms with E-state index in [1.54, 1.807) is 18.2 Å². The van der Waals surface area contributed by atoms with Gasteiger partial charge in [-0.3, -0.25) is 14.4 Å². The predicted molar refractivity (Wildman–Crippen MR) is 93.7 cm³/mol. The van der Waals surface area contributed by atoms with Gasteiger partial charge in [0, 0.05) is 11.1 Å². The highest BCUT2D eigenvalue weighted by molar-refractivity contribution is 6.01. The Labute approximate surface area is 145 Å². The summed E-state index contributed by atoms with van der Waals surface area (Å²) < 4.78 is 5.19. The molecule has 0 aliphatic carbocycles. The first-order valence-corrected chi connectivity index (χ1v) is 7.53. The molecule has 2 rings (SSSR count). The van der Waals surface area contributed by atoms with E-state index in [1.807, 2.05) is 13.0 Å². The first-order valence-electron chi connectivity index (χ1n) is 7.53. The lowest BCUT2D eigenvalue weighted by atomic mass is 10.1.